The summed E-state index contributed by atoms with van der Waals surface area (Å²) < 4.78 is 28.2. The van der Waals surface area contributed by atoms with Crippen LogP contribution in [0.5, 0.6) is 5.75 Å². The van der Waals surface area contributed by atoms with E-state index in [0.717, 1.165) is 5.56 Å². The molecule has 0 radical (unpaired) electrons. The molecule has 110 valence electrons. The van der Waals surface area contributed by atoms with E-state index < -0.39 is 9.84 Å². The Morgan fingerprint density at radius 1 is 1.35 bits per heavy atom. The van der Waals surface area contributed by atoms with Crippen LogP contribution in [0.1, 0.15) is 25.3 Å². The largest absolute Gasteiger partial charge is 0.494 e. The van der Waals surface area contributed by atoms with Crippen molar-refractivity contribution in [1.29, 1.82) is 0 Å². The van der Waals surface area contributed by atoms with Gasteiger partial charge in [0.1, 0.15) is 15.6 Å². The lowest BCUT2D eigenvalue weighted by molar-refractivity contribution is 0.317. The zero-order valence-electron chi connectivity index (χ0n) is 11.6. The molecule has 1 aromatic carbocycles. The van der Waals surface area contributed by atoms with Crippen LogP contribution in [0.25, 0.3) is 0 Å². The Labute approximate surface area is 126 Å². The Morgan fingerprint density at radius 2 is 2.15 bits per heavy atom. The molecule has 0 heterocycles. The van der Waals surface area contributed by atoms with E-state index >= 15 is 0 Å². The monoisotopic (exact) mass is 314 g/mol. The first-order valence-electron chi connectivity index (χ1n) is 6.55. The lowest BCUT2D eigenvalue weighted by Crippen LogP contribution is -2.11. The van der Waals surface area contributed by atoms with Gasteiger partial charge in [-0.3, -0.25) is 0 Å². The highest BCUT2D eigenvalue weighted by Gasteiger charge is 2.06. The lowest BCUT2D eigenvalue weighted by Gasteiger charge is -2.06. The summed E-state index contributed by atoms with van der Waals surface area (Å²) >= 11 is 5.56. The first kappa shape index (κ1) is 16.9. The predicted octanol–water partition coefficient (Wildman–Crippen LogP) is 2.87. The van der Waals surface area contributed by atoms with Crippen molar-refractivity contribution in [3.8, 4) is 17.6 Å². The minimum absolute atomic E-state index is 0.165. The molecular weight excluding hydrogens is 296 g/mol. The van der Waals surface area contributed by atoms with E-state index in [1.165, 1.54) is 0 Å². The second-order valence-electron chi connectivity index (χ2n) is 4.21. The summed E-state index contributed by atoms with van der Waals surface area (Å²) in [4.78, 5) is 0. The molecule has 0 unspecified atom stereocenters. The van der Waals surface area contributed by atoms with Crippen LogP contribution < -0.4 is 4.74 Å². The van der Waals surface area contributed by atoms with Gasteiger partial charge in [-0.15, -0.1) is 11.6 Å². The lowest BCUT2D eigenvalue weighted by atomic mass is 10.2. The molecule has 0 aromatic heterocycles. The average molecular weight is 315 g/mol. The molecule has 3 nitrogen and oxygen atoms in total. The SMILES string of the molecule is CCS(=O)(=O)CCCOc1cccc(C#CCCCl)c1. The van der Waals surface area contributed by atoms with Crippen LogP contribution in [0.15, 0.2) is 24.3 Å². The molecule has 0 spiro atoms. The number of hydrogen-bond donors (Lipinski definition) is 0. The minimum Gasteiger partial charge on any atom is -0.494 e. The topological polar surface area (TPSA) is 43.4 Å². The van der Waals surface area contributed by atoms with E-state index in [0.29, 0.717) is 31.1 Å². The summed E-state index contributed by atoms with van der Waals surface area (Å²) in [6.07, 6.45) is 1.15. The van der Waals surface area contributed by atoms with Crippen LogP contribution in [-0.4, -0.2) is 32.4 Å². The molecule has 0 aliphatic carbocycles. The van der Waals surface area contributed by atoms with Crippen LogP contribution in [0.4, 0.5) is 0 Å². The third-order valence-corrected chi connectivity index (χ3v) is 4.57. The third kappa shape index (κ3) is 6.83. The van der Waals surface area contributed by atoms with Crippen molar-refractivity contribution in [2.75, 3.05) is 24.0 Å². The van der Waals surface area contributed by atoms with E-state index in [4.69, 9.17) is 16.3 Å². The van der Waals surface area contributed by atoms with E-state index in [1.54, 1.807) is 6.92 Å². The summed E-state index contributed by atoms with van der Waals surface area (Å²) in [6.45, 7) is 2.04. The second kappa shape index (κ2) is 8.89. The molecule has 0 saturated carbocycles. The summed E-state index contributed by atoms with van der Waals surface area (Å²) in [5, 5.41) is 0. The fourth-order valence-electron chi connectivity index (χ4n) is 1.49. The molecule has 1 aromatic rings. The average Bonchev–Trinajstić information content (AvgIpc) is 2.45. The van der Waals surface area contributed by atoms with Crippen LogP contribution >= 0.6 is 11.6 Å². The highest BCUT2D eigenvalue weighted by molar-refractivity contribution is 7.91. The van der Waals surface area contributed by atoms with Gasteiger partial charge in [0.05, 0.1) is 12.4 Å². The predicted molar refractivity (Wildman–Crippen MR) is 83.1 cm³/mol. The maximum atomic E-state index is 11.3. The number of hydrogen-bond acceptors (Lipinski definition) is 3. The Hall–Kier alpha value is -1.18. The molecule has 0 aliphatic rings. The molecular formula is C15H19ClO3S. The Kier molecular flexibility index (Phi) is 7.50. The van der Waals surface area contributed by atoms with Gasteiger partial charge in [-0.25, -0.2) is 8.42 Å². The van der Waals surface area contributed by atoms with Crippen molar-refractivity contribution in [1.82, 2.24) is 0 Å². The quantitative estimate of drug-likeness (QED) is 0.441. The van der Waals surface area contributed by atoms with Gasteiger partial charge in [0, 0.05) is 23.6 Å². The van der Waals surface area contributed by atoms with Crippen LogP contribution in [-0.2, 0) is 9.84 Å². The number of rotatable bonds is 7. The zero-order valence-corrected chi connectivity index (χ0v) is 13.1. The molecule has 0 bridgehead atoms. The zero-order chi connectivity index (χ0) is 14.8. The standard InChI is InChI=1S/C15H19ClO3S/c1-2-20(17,18)12-6-11-19-15-9-5-8-14(13-15)7-3-4-10-16/h5,8-9,13H,2,4,6,10-12H2,1H3. The Morgan fingerprint density at radius 3 is 2.85 bits per heavy atom. The van der Waals surface area contributed by atoms with Crippen LogP contribution in [0, 0.1) is 11.8 Å². The highest BCUT2D eigenvalue weighted by Crippen LogP contribution is 2.13. The van der Waals surface area contributed by atoms with Gasteiger partial charge in [-0.2, -0.15) is 0 Å². The molecule has 1 rings (SSSR count). The molecule has 0 saturated heterocycles. The van der Waals surface area contributed by atoms with Crippen molar-refractivity contribution in [3.05, 3.63) is 29.8 Å². The smallest absolute Gasteiger partial charge is 0.150 e. The second-order valence-corrected chi connectivity index (χ2v) is 7.06. The van der Waals surface area contributed by atoms with Crippen molar-refractivity contribution in [2.45, 2.75) is 19.8 Å². The summed E-state index contributed by atoms with van der Waals surface area (Å²) in [5.74, 6) is 7.53. The minimum atomic E-state index is -2.91. The molecule has 5 heteroatoms. The van der Waals surface area contributed by atoms with E-state index in [2.05, 4.69) is 11.8 Å². The summed E-state index contributed by atoms with van der Waals surface area (Å²) in [7, 11) is -2.91. The fourth-order valence-corrected chi connectivity index (χ4v) is 2.43. The highest BCUT2D eigenvalue weighted by atomic mass is 35.5. The summed E-state index contributed by atoms with van der Waals surface area (Å²) in [6, 6.07) is 7.44. The molecule has 0 amide bonds. The first-order chi connectivity index (χ1) is 9.57. The summed E-state index contributed by atoms with van der Waals surface area (Å²) in [5.41, 5.74) is 0.869. The number of ether oxygens (including phenoxy) is 1. The number of sulfone groups is 1. The molecule has 0 fully saturated rings. The van der Waals surface area contributed by atoms with E-state index in [-0.39, 0.29) is 11.5 Å². The Bertz CT molecular complexity index is 570. The molecule has 0 N–H and O–H groups in total. The van der Waals surface area contributed by atoms with Gasteiger partial charge >= 0.3 is 0 Å². The van der Waals surface area contributed by atoms with Gasteiger partial charge in [0.15, 0.2) is 0 Å². The molecule has 0 atom stereocenters. The van der Waals surface area contributed by atoms with E-state index in [1.807, 2.05) is 24.3 Å². The number of alkyl halides is 1. The number of halogens is 1. The van der Waals surface area contributed by atoms with Gasteiger partial charge < -0.3 is 4.74 Å². The fraction of sp³-hybridized carbons (Fsp3) is 0.467. The van der Waals surface area contributed by atoms with Gasteiger partial charge in [0.2, 0.25) is 0 Å². The van der Waals surface area contributed by atoms with Crippen molar-refractivity contribution < 1.29 is 13.2 Å². The third-order valence-electron chi connectivity index (χ3n) is 2.59. The normalized spacial score (nSPS) is 10.7. The molecule has 20 heavy (non-hydrogen) atoms. The first-order valence-corrected chi connectivity index (χ1v) is 8.91. The number of benzene rings is 1. The van der Waals surface area contributed by atoms with Gasteiger partial charge in [0.25, 0.3) is 0 Å². The van der Waals surface area contributed by atoms with Gasteiger partial charge in [-0.05, 0) is 24.6 Å². The van der Waals surface area contributed by atoms with Crippen molar-refractivity contribution in [3.63, 3.8) is 0 Å². The van der Waals surface area contributed by atoms with E-state index in [9.17, 15) is 8.42 Å². The van der Waals surface area contributed by atoms with Crippen LogP contribution in [0.3, 0.4) is 0 Å². The van der Waals surface area contributed by atoms with Crippen LogP contribution in [0.2, 0.25) is 0 Å². The maximum Gasteiger partial charge on any atom is 0.150 e. The maximum absolute atomic E-state index is 11.3. The van der Waals surface area contributed by atoms with Crippen molar-refractivity contribution >= 4 is 21.4 Å². The van der Waals surface area contributed by atoms with Crippen molar-refractivity contribution in [2.24, 2.45) is 0 Å². The molecule has 0 aliphatic heterocycles. The Balaban J connectivity index is 2.45. The van der Waals surface area contributed by atoms with Gasteiger partial charge in [-0.1, -0.05) is 24.8 Å².